The third-order valence-electron chi connectivity index (χ3n) is 2.54. The molecule has 1 heteroatoms. The van der Waals surface area contributed by atoms with E-state index in [9.17, 15) is 0 Å². The summed E-state index contributed by atoms with van der Waals surface area (Å²) in [6, 6.07) is 8.24. The first-order valence-corrected chi connectivity index (χ1v) is 4.89. The molecular weight excluding hydrogens is 182 g/mol. The summed E-state index contributed by atoms with van der Waals surface area (Å²) in [5.41, 5.74) is 8.61. The molecule has 0 spiro atoms. The van der Waals surface area contributed by atoms with Gasteiger partial charge in [-0.25, -0.2) is 0 Å². The maximum Gasteiger partial charge on any atom is 0.0476 e. The lowest BCUT2D eigenvalue weighted by atomic mass is 10.1. The average Bonchev–Trinajstić information content (AvgIpc) is 2.48. The van der Waals surface area contributed by atoms with Gasteiger partial charge >= 0.3 is 0 Å². The molecule has 0 radical (unpaired) electrons. The lowest BCUT2D eigenvalue weighted by Crippen LogP contribution is -2.25. The maximum absolute atomic E-state index is 3.22. The number of benzene rings is 1. The molecule has 2 aliphatic rings. The summed E-state index contributed by atoms with van der Waals surface area (Å²) in [6.07, 6.45) is 7.79. The molecule has 1 heterocycles. The smallest absolute Gasteiger partial charge is 0.0476 e. The van der Waals surface area contributed by atoms with E-state index < -0.39 is 0 Å². The van der Waals surface area contributed by atoms with Gasteiger partial charge in [-0.3, -0.25) is 0 Å². The molecule has 1 aromatic carbocycles. The van der Waals surface area contributed by atoms with Crippen LogP contribution in [0.2, 0.25) is 0 Å². The lowest BCUT2D eigenvalue weighted by molar-refractivity contribution is 1.13. The number of fused-ring (bicyclic) bond motifs is 2. The molecular formula is C14H9N. The molecule has 0 aromatic heterocycles. The molecule has 0 amide bonds. The molecule has 0 saturated carbocycles. The van der Waals surface area contributed by atoms with E-state index in [1.807, 2.05) is 36.6 Å². The van der Waals surface area contributed by atoms with Crippen LogP contribution in [0.4, 0.5) is 0 Å². The van der Waals surface area contributed by atoms with Crippen LogP contribution in [0.1, 0.15) is 0 Å². The second kappa shape index (κ2) is 3.18. The van der Waals surface area contributed by atoms with E-state index in [2.05, 4.69) is 28.9 Å². The van der Waals surface area contributed by atoms with E-state index in [4.69, 9.17) is 0 Å². The summed E-state index contributed by atoms with van der Waals surface area (Å²) in [6.45, 7) is 0. The number of hydrogen-bond donors (Lipinski definition) is 1. The van der Waals surface area contributed by atoms with E-state index >= 15 is 0 Å². The molecule has 0 atom stereocenters. The molecule has 70 valence electrons. The number of rotatable bonds is 0. The van der Waals surface area contributed by atoms with Crippen LogP contribution >= 0.6 is 0 Å². The lowest BCUT2D eigenvalue weighted by Gasteiger charge is -2.07. The Morgan fingerprint density at radius 3 is 3.07 bits per heavy atom. The van der Waals surface area contributed by atoms with Gasteiger partial charge in [0.05, 0.1) is 0 Å². The van der Waals surface area contributed by atoms with Crippen LogP contribution in [-0.4, -0.2) is 0 Å². The van der Waals surface area contributed by atoms with Gasteiger partial charge in [0.15, 0.2) is 0 Å². The molecule has 1 aliphatic heterocycles. The Bertz CT molecular complexity index is 662. The summed E-state index contributed by atoms with van der Waals surface area (Å²) in [5, 5.41) is 5.53. The van der Waals surface area contributed by atoms with Crippen molar-refractivity contribution in [3.8, 4) is 0 Å². The largest absolute Gasteiger partial charge is 0.355 e. The van der Waals surface area contributed by atoms with Crippen LogP contribution in [-0.2, 0) is 0 Å². The van der Waals surface area contributed by atoms with Crippen LogP contribution < -0.4 is 15.8 Å². The molecule has 1 aliphatic carbocycles. The van der Waals surface area contributed by atoms with Crippen molar-refractivity contribution in [3.63, 3.8) is 0 Å². The zero-order valence-corrected chi connectivity index (χ0v) is 8.12. The van der Waals surface area contributed by atoms with Crippen molar-refractivity contribution in [3.05, 3.63) is 70.6 Å². The van der Waals surface area contributed by atoms with E-state index in [1.165, 1.54) is 10.8 Å². The van der Waals surface area contributed by atoms with Gasteiger partial charge in [-0.15, -0.1) is 5.73 Å². The van der Waals surface area contributed by atoms with E-state index in [0.29, 0.717) is 0 Å². The van der Waals surface area contributed by atoms with Crippen molar-refractivity contribution in [1.82, 2.24) is 5.32 Å². The van der Waals surface area contributed by atoms with Crippen LogP contribution in [0, 0.1) is 0 Å². The molecule has 1 nitrogen and oxygen atoms in total. The van der Waals surface area contributed by atoms with Crippen molar-refractivity contribution in [2.45, 2.75) is 0 Å². The Balaban J connectivity index is 2.57. The van der Waals surface area contributed by atoms with Gasteiger partial charge in [0.2, 0.25) is 0 Å². The first-order valence-electron chi connectivity index (χ1n) is 4.89. The summed E-state index contributed by atoms with van der Waals surface area (Å²) in [7, 11) is 0. The number of hydrogen-bond acceptors (Lipinski definition) is 1. The predicted molar refractivity (Wildman–Crippen MR) is 60.9 cm³/mol. The van der Waals surface area contributed by atoms with Crippen molar-refractivity contribution < 1.29 is 0 Å². The molecule has 1 N–H and O–H groups in total. The van der Waals surface area contributed by atoms with Gasteiger partial charge in [-0.2, -0.15) is 0 Å². The van der Waals surface area contributed by atoms with Gasteiger partial charge in [-0.05, 0) is 29.5 Å². The van der Waals surface area contributed by atoms with Gasteiger partial charge in [0, 0.05) is 22.7 Å². The normalized spacial score (nSPS) is 15.7. The number of allylic oxidation sites excluding steroid dienone is 2. The van der Waals surface area contributed by atoms with Crippen molar-refractivity contribution in [2.75, 3.05) is 0 Å². The number of nitrogens with one attached hydrogen (secondary N) is 1. The van der Waals surface area contributed by atoms with Crippen LogP contribution in [0.25, 0.3) is 11.3 Å². The molecule has 0 bridgehead atoms. The Hall–Kier alpha value is -2.20. The fraction of sp³-hybridized carbons (Fsp3) is 0. The van der Waals surface area contributed by atoms with Gasteiger partial charge in [0.25, 0.3) is 0 Å². The Labute approximate surface area is 87.8 Å². The maximum atomic E-state index is 3.22. The second-order valence-corrected chi connectivity index (χ2v) is 3.45. The zero-order chi connectivity index (χ0) is 10.1. The molecule has 1 aromatic rings. The van der Waals surface area contributed by atoms with E-state index in [1.54, 1.807) is 0 Å². The van der Waals surface area contributed by atoms with Crippen LogP contribution in [0.5, 0.6) is 0 Å². The highest BCUT2D eigenvalue weighted by atomic mass is 14.8. The standard InChI is InChI=1S/C14H9N/c1-2-6-12-11(5-1)9-10-15-14-8-4-3-7-13(12)14/h1-2,4-8,10,15H. The minimum atomic E-state index is 1.10. The summed E-state index contributed by atoms with van der Waals surface area (Å²) < 4.78 is 0. The van der Waals surface area contributed by atoms with Gasteiger partial charge < -0.3 is 5.32 Å². The highest BCUT2D eigenvalue weighted by Gasteiger charge is 2.05. The van der Waals surface area contributed by atoms with E-state index in [0.717, 1.165) is 10.9 Å². The third kappa shape index (κ3) is 1.28. The molecule has 0 saturated heterocycles. The predicted octanol–water partition coefficient (Wildman–Crippen LogP) is 0.942. The fourth-order valence-corrected chi connectivity index (χ4v) is 1.81. The summed E-state index contributed by atoms with van der Waals surface area (Å²) in [4.78, 5) is 0. The monoisotopic (exact) mass is 191 g/mol. The van der Waals surface area contributed by atoms with Crippen molar-refractivity contribution in [2.24, 2.45) is 0 Å². The van der Waals surface area contributed by atoms with E-state index in [-0.39, 0.29) is 0 Å². The molecule has 15 heavy (non-hydrogen) atoms. The van der Waals surface area contributed by atoms with Crippen molar-refractivity contribution in [1.29, 1.82) is 0 Å². The van der Waals surface area contributed by atoms with Gasteiger partial charge in [0.1, 0.15) is 0 Å². The van der Waals surface area contributed by atoms with Crippen molar-refractivity contribution >= 4 is 11.3 Å². The summed E-state index contributed by atoms with van der Waals surface area (Å²) in [5.74, 6) is 0. The summed E-state index contributed by atoms with van der Waals surface area (Å²) >= 11 is 0. The highest BCUT2D eigenvalue weighted by molar-refractivity contribution is 5.75. The zero-order valence-electron chi connectivity index (χ0n) is 8.12. The topological polar surface area (TPSA) is 12.0 Å². The fourth-order valence-electron chi connectivity index (χ4n) is 1.81. The first kappa shape index (κ1) is 8.14. The first-order chi connectivity index (χ1) is 7.45. The Kier molecular flexibility index (Phi) is 1.73. The molecule has 0 fully saturated rings. The quantitative estimate of drug-likeness (QED) is 0.602. The SMILES string of the molecule is C1=CC=C2NC=C=c3ccccc3=C2C=1. The Morgan fingerprint density at radius 2 is 2.07 bits per heavy atom. The third-order valence-corrected chi connectivity index (χ3v) is 2.54. The van der Waals surface area contributed by atoms with Crippen LogP contribution in [0.15, 0.2) is 60.1 Å². The molecule has 3 rings (SSSR count). The average molecular weight is 191 g/mol. The Morgan fingerprint density at radius 1 is 1.13 bits per heavy atom. The minimum Gasteiger partial charge on any atom is -0.355 e. The minimum absolute atomic E-state index is 1.10. The van der Waals surface area contributed by atoms with Crippen LogP contribution in [0.3, 0.4) is 0 Å². The van der Waals surface area contributed by atoms with Gasteiger partial charge in [-0.1, -0.05) is 23.9 Å². The molecule has 0 unspecified atom stereocenters. The second-order valence-electron chi connectivity index (χ2n) is 3.45. The highest BCUT2D eigenvalue weighted by Crippen LogP contribution is 2.11.